The molecule has 0 bridgehead atoms. The van der Waals surface area contributed by atoms with Crippen molar-refractivity contribution in [1.82, 2.24) is 10.1 Å². The summed E-state index contributed by atoms with van der Waals surface area (Å²) in [4.78, 5) is 4.04. The molecule has 2 unspecified atom stereocenters. The summed E-state index contributed by atoms with van der Waals surface area (Å²) >= 11 is 0. The van der Waals surface area contributed by atoms with Crippen molar-refractivity contribution in [2.24, 2.45) is 11.8 Å². The Kier molecular flexibility index (Phi) is 2.01. The van der Waals surface area contributed by atoms with Gasteiger partial charge in [-0.3, -0.25) is 4.98 Å². The lowest BCUT2D eigenvalue weighted by Gasteiger charge is -2.10. The first-order valence-electron chi connectivity index (χ1n) is 6.48. The number of anilines is 1. The maximum Gasteiger partial charge on any atom is 0.175 e. The third kappa shape index (κ3) is 1.45. The van der Waals surface area contributed by atoms with E-state index in [1.54, 1.807) is 12.4 Å². The van der Waals surface area contributed by atoms with Crippen molar-refractivity contribution in [1.29, 1.82) is 0 Å². The molecule has 2 N–H and O–H groups in total. The molecule has 2 atom stereocenters. The van der Waals surface area contributed by atoms with E-state index >= 15 is 0 Å². The first-order chi connectivity index (χ1) is 8.83. The van der Waals surface area contributed by atoms with Gasteiger partial charge in [0.15, 0.2) is 5.82 Å². The van der Waals surface area contributed by atoms with Gasteiger partial charge < -0.3 is 10.3 Å². The fourth-order valence-electron chi connectivity index (χ4n) is 3.33. The minimum Gasteiger partial charge on any atom is -0.380 e. The number of pyridine rings is 1. The summed E-state index contributed by atoms with van der Waals surface area (Å²) in [6.07, 6.45) is 7.43. The molecule has 0 aromatic carbocycles. The van der Waals surface area contributed by atoms with Gasteiger partial charge in [0.25, 0.3) is 0 Å². The molecule has 2 aliphatic carbocycles. The van der Waals surface area contributed by atoms with E-state index in [0.29, 0.717) is 11.7 Å². The lowest BCUT2D eigenvalue weighted by atomic mass is 9.94. The Balaban J connectivity index is 1.76. The Morgan fingerprint density at radius 1 is 1.11 bits per heavy atom. The second kappa shape index (κ2) is 3.57. The van der Waals surface area contributed by atoms with E-state index in [4.69, 9.17) is 10.3 Å². The lowest BCUT2D eigenvalue weighted by Crippen LogP contribution is -1.97. The summed E-state index contributed by atoms with van der Waals surface area (Å²) in [6.45, 7) is 0. The minimum absolute atomic E-state index is 0.497. The van der Waals surface area contributed by atoms with Crippen molar-refractivity contribution in [3.8, 4) is 11.1 Å². The summed E-state index contributed by atoms with van der Waals surface area (Å²) < 4.78 is 5.51. The molecule has 2 fully saturated rings. The molecule has 18 heavy (non-hydrogen) atoms. The average molecular weight is 241 g/mol. The second-order valence-electron chi connectivity index (χ2n) is 5.47. The van der Waals surface area contributed by atoms with Crippen LogP contribution in [-0.2, 0) is 0 Å². The zero-order valence-electron chi connectivity index (χ0n) is 10.0. The Morgan fingerprint density at radius 3 is 2.56 bits per heavy atom. The normalized spacial score (nSPS) is 29.2. The fraction of sp³-hybridized carbons (Fsp3) is 0.429. The van der Waals surface area contributed by atoms with Gasteiger partial charge in [-0.25, -0.2) is 0 Å². The van der Waals surface area contributed by atoms with Crippen molar-refractivity contribution in [2.45, 2.75) is 25.2 Å². The van der Waals surface area contributed by atoms with Crippen LogP contribution in [0, 0.1) is 11.8 Å². The van der Waals surface area contributed by atoms with Crippen molar-refractivity contribution < 1.29 is 4.52 Å². The number of nitrogens with two attached hydrogens (primary N) is 1. The van der Waals surface area contributed by atoms with Crippen molar-refractivity contribution in [3.63, 3.8) is 0 Å². The highest BCUT2D eigenvalue weighted by Crippen LogP contribution is 2.58. The highest BCUT2D eigenvalue weighted by atomic mass is 16.5. The highest BCUT2D eigenvalue weighted by Gasteiger charge is 2.48. The molecule has 4 heteroatoms. The van der Waals surface area contributed by atoms with E-state index in [1.165, 1.54) is 19.3 Å². The zero-order chi connectivity index (χ0) is 12.1. The SMILES string of the molecule is Nc1noc(C2CC3CC3C2)c1-c1ccncc1. The molecule has 0 radical (unpaired) electrons. The van der Waals surface area contributed by atoms with E-state index in [-0.39, 0.29) is 0 Å². The number of nitrogens with zero attached hydrogens (tertiary/aromatic N) is 2. The number of rotatable bonds is 2. The standard InChI is InChI=1S/C14H15N3O/c15-14-12(8-1-3-16-4-2-8)13(18-17-14)11-6-9-5-10(9)7-11/h1-4,9-11H,5-7H2,(H2,15,17). The molecule has 2 aromatic heterocycles. The maximum atomic E-state index is 5.96. The van der Waals surface area contributed by atoms with Gasteiger partial charge in [-0.2, -0.15) is 0 Å². The highest BCUT2D eigenvalue weighted by molar-refractivity contribution is 5.75. The predicted octanol–water partition coefficient (Wildman–Crippen LogP) is 2.83. The molecule has 0 aliphatic heterocycles. The minimum atomic E-state index is 0.497. The number of nitrogen functional groups attached to an aromatic ring is 1. The fourth-order valence-corrected chi connectivity index (χ4v) is 3.33. The smallest absolute Gasteiger partial charge is 0.175 e. The molecule has 92 valence electrons. The Labute approximate surface area is 105 Å². The van der Waals surface area contributed by atoms with Crippen LogP contribution in [0.15, 0.2) is 29.0 Å². The van der Waals surface area contributed by atoms with Crippen LogP contribution in [0.25, 0.3) is 11.1 Å². The van der Waals surface area contributed by atoms with E-state index in [1.807, 2.05) is 12.1 Å². The third-order valence-corrected chi connectivity index (χ3v) is 4.33. The molecule has 2 aromatic rings. The Hall–Kier alpha value is -1.84. The van der Waals surface area contributed by atoms with Crippen LogP contribution in [0.5, 0.6) is 0 Å². The molecule has 2 heterocycles. The van der Waals surface area contributed by atoms with Gasteiger partial charge in [0, 0.05) is 18.3 Å². The van der Waals surface area contributed by atoms with Crippen LogP contribution in [-0.4, -0.2) is 10.1 Å². The first kappa shape index (κ1) is 10.1. The monoisotopic (exact) mass is 241 g/mol. The molecule has 4 nitrogen and oxygen atoms in total. The lowest BCUT2D eigenvalue weighted by molar-refractivity contribution is 0.356. The Morgan fingerprint density at radius 2 is 1.83 bits per heavy atom. The number of hydrogen-bond donors (Lipinski definition) is 1. The molecular weight excluding hydrogens is 226 g/mol. The molecule has 2 saturated carbocycles. The topological polar surface area (TPSA) is 64.9 Å². The second-order valence-corrected chi connectivity index (χ2v) is 5.47. The van der Waals surface area contributed by atoms with Gasteiger partial charge >= 0.3 is 0 Å². The molecule has 0 saturated heterocycles. The van der Waals surface area contributed by atoms with Gasteiger partial charge in [-0.15, -0.1) is 0 Å². The predicted molar refractivity (Wildman–Crippen MR) is 67.7 cm³/mol. The van der Waals surface area contributed by atoms with Crippen molar-refractivity contribution >= 4 is 5.82 Å². The van der Waals surface area contributed by atoms with E-state index in [9.17, 15) is 0 Å². The first-order valence-corrected chi connectivity index (χ1v) is 6.48. The van der Waals surface area contributed by atoms with Gasteiger partial charge in [0.2, 0.25) is 0 Å². The van der Waals surface area contributed by atoms with Gasteiger partial charge in [-0.05, 0) is 48.8 Å². The average Bonchev–Trinajstić information content (AvgIpc) is 2.85. The van der Waals surface area contributed by atoms with Crippen LogP contribution >= 0.6 is 0 Å². The van der Waals surface area contributed by atoms with Crippen LogP contribution < -0.4 is 5.73 Å². The van der Waals surface area contributed by atoms with E-state index in [2.05, 4.69) is 10.1 Å². The van der Waals surface area contributed by atoms with E-state index in [0.717, 1.165) is 28.7 Å². The summed E-state index contributed by atoms with van der Waals surface area (Å²) in [5, 5.41) is 3.96. The number of hydrogen-bond acceptors (Lipinski definition) is 4. The van der Waals surface area contributed by atoms with Gasteiger partial charge in [0.1, 0.15) is 5.76 Å². The van der Waals surface area contributed by atoms with Crippen molar-refractivity contribution in [2.75, 3.05) is 5.73 Å². The number of fused-ring (bicyclic) bond motifs is 1. The molecule has 0 spiro atoms. The van der Waals surface area contributed by atoms with Crippen LogP contribution in [0.4, 0.5) is 5.82 Å². The summed E-state index contributed by atoms with van der Waals surface area (Å²) in [5.74, 6) is 3.82. The van der Waals surface area contributed by atoms with Crippen molar-refractivity contribution in [3.05, 3.63) is 30.3 Å². The van der Waals surface area contributed by atoms with Gasteiger partial charge in [-0.1, -0.05) is 5.16 Å². The van der Waals surface area contributed by atoms with Crippen LogP contribution in [0.1, 0.15) is 30.9 Å². The Bertz CT molecular complexity index is 568. The maximum absolute atomic E-state index is 5.96. The quantitative estimate of drug-likeness (QED) is 0.878. The largest absolute Gasteiger partial charge is 0.380 e. The molecule has 0 amide bonds. The molecule has 2 aliphatic rings. The van der Waals surface area contributed by atoms with Crippen LogP contribution in [0.3, 0.4) is 0 Å². The van der Waals surface area contributed by atoms with Crippen LogP contribution in [0.2, 0.25) is 0 Å². The number of aromatic nitrogens is 2. The zero-order valence-corrected chi connectivity index (χ0v) is 10.0. The third-order valence-electron chi connectivity index (χ3n) is 4.33. The van der Waals surface area contributed by atoms with Gasteiger partial charge in [0.05, 0.1) is 5.56 Å². The summed E-state index contributed by atoms with van der Waals surface area (Å²) in [6, 6.07) is 3.92. The summed E-state index contributed by atoms with van der Waals surface area (Å²) in [5.41, 5.74) is 7.99. The molecule has 4 rings (SSSR count). The molecular formula is C14H15N3O. The summed E-state index contributed by atoms with van der Waals surface area (Å²) in [7, 11) is 0. The van der Waals surface area contributed by atoms with E-state index < -0.39 is 0 Å².